The van der Waals surface area contributed by atoms with Gasteiger partial charge in [0, 0.05) is 11.5 Å². The van der Waals surface area contributed by atoms with E-state index >= 15 is 0 Å². The smallest absolute Gasteiger partial charge is 0.0472 e. The maximum absolute atomic E-state index is 8.41. The molecule has 0 amide bonds. The predicted molar refractivity (Wildman–Crippen MR) is 63.8 cm³/mol. The second kappa shape index (κ2) is 3.53. The Bertz CT molecular complexity index is 330. The van der Waals surface area contributed by atoms with Crippen LogP contribution in [0.2, 0.25) is 0 Å². The summed E-state index contributed by atoms with van der Waals surface area (Å²) in [5.41, 5.74) is 9.98. The first-order valence-corrected chi connectivity index (χ1v) is 6.41. The van der Waals surface area contributed by atoms with Gasteiger partial charge in [0.25, 0.3) is 0 Å². The second-order valence-corrected chi connectivity index (χ2v) is 6.19. The van der Waals surface area contributed by atoms with Crippen LogP contribution < -0.4 is 0 Å². The lowest BCUT2D eigenvalue weighted by molar-refractivity contribution is -0.0307. The molecule has 0 heterocycles. The molecule has 4 fully saturated rings. The van der Waals surface area contributed by atoms with Crippen molar-refractivity contribution in [3.05, 3.63) is 22.6 Å². The Morgan fingerprint density at radius 3 is 2.12 bits per heavy atom. The zero-order valence-electron chi connectivity index (χ0n) is 9.73. The molecule has 4 saturated carbocycles. The Hall–Kier alpha value is -0.950. The fraction of sp³-hybridized carbons (Fsp3) is 0.846. The van der Waals surface area contributed by atoms with Gasteiger partial charge in [-0.3, -0.25) is 0 Å². The van der Waals surface area contributed by atoms with Gasteiger partial charge in [-0.05, 0) is 67.2 Å². The van der Waals surface area contributed by atoms with Crippen LogP contribution in [0.15, 0.2) is 17.3 Å². The largest absolute Gasteiger partial charge is 0.0992 e. The molecule has 0 unspecified atom stereocenters. The lowest BCUT2D eigenvalue weighted by Gasteiger charge is -2.57. The second-order valence-electron chi connectivity index (χ2n) is 6.19. The van der Waals surface area contributed by atoms with Gasteiger partial charge in [0.1, 0.15) is 0 Å². The molecule has 0 aromatic heterocycles. The monoisotopic (exact) mass is 217 g/mol. The SMILES string of the molecule is C=C(CN=[N+]=[N-])C12CC3CC(CC(C3)C1)C2. The average Bonchev–Trinajstić information content (AvgIpc) is 2.24. The van der Waals surface area contributed by atoms with Crippen LogP contribution in [0.1, 0.15) is 38.5 Å². The molecule has 0 aromatic carbocycles. The van der Waals surface area contributed by atoms with Crippen LogP contribution in [0.4, 0.5) is 0 Å². The van der Waals surface area contributed by atoms with Gasteiger partial charge in [-0.1, -0.05) is 17.3 Å². The summed E-state index contributed by atoms with van der Waals surface area (Å²) in [6.45, 7) is 4.73. The van der Waals surface area contributed by atoms with E-state index < -0.39 is 0 Å². The molecule has 16 heavy (non-hydrogen) atoms. The molecule has 3 nitrogen and oxygen atoms in total. The van der Waals surface area contributed by atoms with Gasteiger partial charge in [0.05, 0.1) is 0 Å². The summed E-state index contributed by atoms with van der Waals surface area (Å²) < 4.78 is 0. The zero-order valence-corrected chi connectivity index (χ0v) is 9.73. The van der Waals surface area contributed by atoms with E-state index in [-0.39, 0.29) is 0 Å². The normalized spacial score (nSPS) is 44.1. The van der Waals surface area contributed by atoms with Crippen molar-refractivity contribution >= 4 is 0 Å². The van der Waals surface area contributed by atoms with Crippen LogP contribution in [0.3, 0.4) is 0 Å². The third-order valence-electron chi connectivity index (χ3n) is 5.11. The van der Waals surface area contributed by atoms with E-state index in [9.17, 15) is 0 Å². The van der Waals surface area contributed by atoms with Gasteiger partial charge in [-0.2, -0.15) is 0 Å². The Morgan fingerprint density at radius 1 is 1.19 bits per heavy atom. The van der Waals surface area contributed by atoms with E-state index in [4.69, 9.17) is 5.53 Å². The lowest BCUT2D eigenvalue weighted by atomic mass is 9.48. The molecule has 86 valence electrons. The molecular weight excluding hydrogens is 198 g/mol. The molecule has 4 aliphatic rings. The maximum atomic E-state index is 8.41. The molecule has 0 atom stereocenters. The highest BCUT2D eigenvalue weighted by molar-refractivity contribution is 5.19. The average molecular weight is 217 g/mol. The molecule has 4 aliphatic carbocycles. The number of rotatable bonds is 3. The van der Waals surface area contributed by atoms with E-state index in [0.717, 1.165) is 17.8 Å². The van der Waals surface area contributed by atoms with E-state index in [1.165, 1.54) is 44.1 Å². The van der Waals surface area contributed by atoms with Gasteiger partial charge in [0.15, 0.2) is 0 Å². The molecule has 0 radical (unpaired) electrons. The fourth-order valence-corrected chi connectivity index (χ4v) is 4.83. The summed E-state index contributed by atoms with van der Waals surface area (Å²) in [6.07, 6.45) is 8.31. The van der Waals surface area contributed by atoms with Crippen molar-refractivity contribution < 1.29 is 0 Å². The minimum absolute atomic E-state index is 0.350. The Balaban J connectivity index is 1.82. The summed E-state index contributed by atoms with van der Waals surface area (Å²) in [5.74, 6) is 2.82. The van der Waals surface area contributed by atoms with E-state index in [1.807, 2.05) is 0 Å². The van der Waals surface area contributed by atoms with Gasteiger partial charge < -0.3 is 0 Å². The van der Waals surface area contributed by atoms with E-state index in [2.05, 4.69) is 16.6 Å². The van der Waals surface area contributed by atoms with Crippen LogP contribution in [0.25, 0.3) is 10.4 Å². The molecule has 4 rings (SSSR count). The summed E-state index contributed by atoms with van der Waals surface area (Å²) in [4.78, 5) is 2.87. The quantitative estimate of drug-likeness (QED) is 0.296. The van der Waals surface area contributed by atoms with Crippen molar-refractivity contribution in [1.29, 1.82) is 0 Å². The number of nitrogens with zero attached hydrogens (tertiary/aromatic N) is 3. The molecule has 3 heteroatoms. The molecule has 0 spiro atoms. The molecule has 0 aromatic rings. The number of hydrogen-bond acceptors (Lipinski definition) is 1. The van der Waals surface area contributed by atoms with Crippen molar-refractivity contribution in [1.82, 2.24) is 0 Å². The first-order chi connectivity index (χ1) is 7.72. The molecule has 0 N–H and O–H groups in total. The minimum atomic E-state index is 0.350. The van der Waals surface area contributed by atoms with Crippen LogP contribution in [-0.2, 0) is 0 Å². The number of azide groups is 1. The Kier molecular flexibility index (Phi) is 2.25. The highest BCUT2D eigenvalue weighted by Crippen LogP contribution is 2.62. The zero-order chi connectivity index (χ0) is 11.2. The van der Waals surface area contributed by atoms with Crippen molar-refractivity contribution in [2.75, 3.05) is 6.54 Å². The van der Waals surface area contributed by atoms with Crippen LogP contribution in [0.5, 0.6) is 0 Å². The molecule has 0 saturated heterocycles. The summed E-state index contributed by atoms with van der Waals surface area (Å²) in [7, 11) is 0. The third kappa shape index (κ3) is 1.46. The van der Waals surface area contributed by atoms with E-state index in [1.54, 1.807) is 0 Å². The minimum Gasteiger partial charge on any atom is -0.0992 e. The van der Waals surface area contributed by atoms with Gasteiger partial charge in [-0.25, -0.2) is 0 Å². The first-order valence-electron chi connectivity index (χ1n) is 6.41. The van der Waals surface area contributed by atoms with Crippen LogP contribution in [-0.4, -0.2) is 6.54 Å². The fourth-order valence-electron chi connectivity index (χ4n) is 4.83. The number of hydrogen-bond donors (Lipinski definition) is 0. The van der Waals surface area contributed by atoms with Crippen molar-refractivity contribution in [3.63, 3.8) is 0 Å². The highest BCUT2D eigenvalue weighted by atomic mass is 15.1. The molecule has 0 aliphatic heterocycles. The Labute approximate surface area is 96.5 Å². The lowest BCUT2D eigenvalue weighted by Crippen LogP contribution is -2.47. The highest BCUT2D eigenvalue weighted by Gasteiger charge is 2.51. The van der Waals surface area contributed by atoms with Crippen LogP contribution in [0, 0.1) is 23.2 Å². The standard InChI is InChI=1S/C13H19N3/c1-9(8-15-16-14)13-5-10-2-11(6-13)4-12(3-10)7-13/h10-12H,1-8H2. The summed E-state index contributed by atoms with van der Waals surface area (Å²) >= 11 is 0. The van der Waals surface area contributed by atoms with Gasteiger partial charge >= 0.3 is 0 Å². The van der Waals surface area contributed by atoms with Crippen molar-refractivity contribution in [2.45, 2.75) is 38.5 Å². The van der Waals surface area contributed by atoms with Crippen molar-refractivity contribution in [3.8, 4) is 0 Å². The van der Waals surface area contributed by atoms with Gasteiger partial charge in [-0.15, -0.1) is 0 Å². The van der Waals surface area contributed by atoms with Crippen molar-refractivity contribution in [2.24, 2.45) is 28.3 Å². The van der Waals surface area contributed by atoms with E-state index in [0.29, 0.717) is 12.0 Å². The maximum Gasteiger partial charge on any atom is 0.0472 e. The van der Waals surface area contributed by atoms with Gasteiger partial charge in [0.2, 0.25) is 0 Å². The molecular formula is C13H19N3. The Morgan fingerprint density at radius 2 is 1.69 bits per heavy atom. The van der Waals surface area contributed by atoms with Crippen LogP contribution >= 0.6 is 0 Å². The topological polar surface area (TPSA) is 48.8 Å². The predicted octanol–water partition coefficient (Wildman–Crippen LogP) is 4.07. The first kappa shape index (κ1) is 10.2. The summed E-state index contributed by atoms with van der Waals surface area (Å²) in [5, 5.41) is 3.71. The summed E-state index contributed by atoms with van der Waals surface area (Å²) in [6, 6.07) is 0. The third-order valence-corrected chi connectivity index (χ3v) is 5.11. The molecule has 4 bridgehead atoms.